The Morgan fingerprint density at radius 1 is 1.48 bits per heavy atom. The Bertz CT molecular complexity index is 575. The monoisotopic (exact) mass is 344 g/mol. The van der Waals surface area contributed by atoms with Crippen molar-refractivity contribution in [2.75, 3.05) is 11.4 Å². The van der Waals surface area contributed by atoms with E-state index in [0.717, 1.165) is 23.7 Å². The highest BCUT2D eigenvalue weighted by molar-refractivity contribution is 7.16. The van der Waals surface area contributed by atoms with Gasteiger partial charge in [0.15, 0.2) is 5.13 Å². The first-order chi connectivity index (χ1) is 9.89. The van der Waals surface area contributed by atoms with Gasteiger partial charge in [0.2, 0.25) is 5.91 Å². The standard InChI is InChI=1S/C15H18Cl2N2OS/c1-3-8-19(12(20)14(2)9-15(14,16)17)13-18-10-6-4-5-7-11(10)21-13/h3H,1,4-9H2,2H3. The first kappa shape index (κ1) is 15.3. The second-order valence-electron chi connectivity index (χ2n) is 5.99. The van der Waals surface area contributed by atoms with Crippen molar-refractivity contribution >= 4 is 45.6 Å². The number of hydrogen-bond donors (Lipinski definition) is 0. The van der Waals surface area contributed by atoms with Crippen LogP contribution in [0, 0.1) is 5.41 Å². The van der Waals surface area contributed by atoms with Crippen molar-refractivity contribution in [1.29, 1.82) is 0 Å². The van der Waals surface area contributed by atoms with E-state index in [1.54, 1.807) is 22.3 Å². The molecule has 1 aromatic rings. The number of fused-ring (bicyclic) bond motifs is 1. The largest absolute Gasteiger partial charge is 0.284 e. The Morgan fingerprint density at radius 3 is 2.71 bits per heavy atom. The Morgan fingerprint density at radius 2 is 2.14 bits per heavy atom. The van der Waals surface area contributed by atoms with Crippen LogP contribution in [0.1, 0.15) is 36.8 Å². The summed E-state index contributed by atoms with van der Waals surface area (Å²) in [6.45, 7) is 6.00. The van der Waals surface area contributed by atoms with Crippen molar-refractivity contribution in [3.05, 3.63) is 23.2 Å². The van der Waals surface area contributed by atoms with E-state index in [1.807, 2.05) is 6.92 Å². The fourth-order valence-corrected chi connectivity index (χ4v) is 4.61. The van der Waals surface area contributed by atoms with E-state index in [2.05, 4.69) is 11.6 Å². The van der Waals surface area contributed by atoms with Crippen molar-refractivity contribution in [2.45, 2.75) is 43.4 Å². The van der Waals surface area contributed by atoms with Gasteiger partial charge in [-0.2, -0.15) is 0 Å². The third-order valence-electron chi connectivity index (χ3n) is 4.35. The number of aromatic nitrogens is 1. The number of halogens is 2. The summed E-state index contributed by atoms with van der Waals surface area (Å²) in [6, 6.07) is 0. The predicted molar refractivity (Wildman–Crippen MR) is 88.5 cm³/mol. The molecule has 0 spiro atoms. The lowest BCUT2D eigenvalue weighted by atomic mass is 10.0. The highest BCUT2D eigenvalue weighted by Crippen LogP contribution is 2.64. The van der Waals surface area contributed by atoms with E-state index in [1.165, 1.54) is 17.7 Å². The fourth-order valence-electron chi connectivity index (χ4n) is 2.76. The van der Waals surface area contributed by atoms with Crippen molar-refractivity contribution in [3.63, 3.8) is 0 Å². The molecule has 1 amide bonds. The molecular weight excluding hydrogens is 327 g/mol. The van der Waals surface area contributed by atoms with Gasteiger partial charge in [-0.05, 0) is 39.0 Å². The SMILES string of the molecule is C=CCN(C(=O)C1(C)CC1(Cl)Cl)c1nc2c(s1)CCCC2. The number of amides is 1. The summed E-state index contributed by atoms with van der Waals surface area (Å²) in [4.78, 5) is 20.5. The average Bonchev–Trinajstić information content (AvgIpc) is 2.82. The minimum Gasteiger partial charge on any atom is -0.284 e. The van der Waals surface area contributed by atoms with Gasteiger partial charge in [-0.1, -0.05) is 6.08 Å². The van der Waals surface area contributed by atoms with Crippen LogP contribution in [0.5, 0.6) is 0 Å². The molecule has 1 saturated carbocycles. The minimum absolute atomic E-state index is 0.0569. The van der Waals surface area contributed by atoms with E-state index in [9.17, 15) is 4.79 Å². The summed E-state index contributed by atoms with van der Waals surface area (Å²) >= 11 is 13.9. The topological polar surface area (TPSA) is 33.2 Å². The molecule has 3 rings (SSSR count). The van der Waals surface area contributed by atoms with Crippen LogP contribution in [-0.4, -0.2) is 21.8 Å². The molecule has 0 saturated heterocycles. The van der Waals surface area contributed by atoms with Gasteiger partial charge in [0.1, 0.15) is 4.33 Å². The Kier molecular flexibility index (Phi) is 3.83. The number of alkyl halides is 2. The number of aryl methyl sites for hydroxylation is 2. The zero-order valence-electron chi connectivity index (χ0n) is 12.0. The Balaban J connectivity index is 1.90. The zero-order chi connectivity index (χ0) is 15.3. The Hall–Kier alpha value is -0.580. The summed E-state index contributed by atoms with van der Waals surface area (Å²) in [5, 5.41) is 0.754. The van der Waals surface area contributed by atoms with E-state index in [-0.39, 0.29) is 5.91 Å². The van der Waals surface area contributed by atoms with Gasteiger partial charge in [0.25, 0.3) is 0 Å². The molecule has 114 valence electrons. The highest BCUT2D eigenvalue weighted by atomic mass is 35.5. The molecule has 0 N–H and O–H groups in total. The second kappa shape index (κ2) is 5.25. The third-order valence-corrected chi connectivity index (χ3v) is 6.63. The second-order valence-corrected chi connectivity index (χ2v) is 8.54. The molecule has 0 bridgehead atoms. The van der Waals surface area contributed by atoms with E-state index in [0.29, 0.717) is 13.0 Å². The van der Waals surface area contributed by atoms with Crippen LogP contribution in [-0.2, 0) is 17.6 Å². The number of anilines is 1. The van der Waals surface area contributed by atoms with Crippen LogP contribution < -0.4 is 4.90 Å². The molecule has 0 aliphatic heterocycles. The number of hydrogen-bond acceptors (Lipinski definition) is 3. The number of rotatable bonds is 4. The molecule has 1 atom stereocenters. The summed E-state index contributed by atoms with van der Waals surface area (Å²) in [5.74, 6) is -0.0569. The summed E-state index contributed by atoms with van der Waals surface area (Å²) in [6.07, 6.45) is 6.66. The van der Waals surface area contributed by atoms with Crippen molar-refractivity contribution in [2.24, 2.45) is 5.41 Å². The molecule has 21 heavy (non-hydrogen) atoms. The molecule has 1 fully saturated rings. The van der Waals surface area contributed by atoms with Gasteiger partial charge in [-0.15, -0.1) is 41.1 Å². The van der Waals surface area contributed by atoms with Crippen molar-refractivity contribution in [1.82, 2.24) is 4.98 Å². The van der Waals surface area contributed by atoms with Crippen LogP contribution >= 0.6 is 34.5 Å². The minimum atomic E-state index is -0.958. The van der Waals surface area contributed by atoms with E-state index >= 15 is 0 Å². The maximum atomic E-state index is 12.8. The fraction of sp³-hybridized carbons (Fsp3) is 0.600. The normalized spacial score (nSPS) is 26.0. The lowest BCUT2D eigenvalue weighted by molar-refractivity contribution is -0.123. The number of carbonyl (C=O) groups is 1. The van der Waals surface area contributed by atoms with Gasteiger partial charge in [0, 0.05) is 11.4 Å². The average molecular weight is 345 g/mol. The van der Waals surface area contributed by atoms with Gasteiger partial charge in [-0.3, -0.25) is 9.69 Å². The first-order valence-corrected chi connectivity index (χ1v) is 8.75. The molecular formula is C15H18Cl2N2OS. The zero-order valence-corrected chi connectivity index (χ0v) is 14.3. The maximum Gasteiger partial charge on any atom is 0.238 e. The quantitative estimate of drug-likeness (QED) is 0.607. The van der Waals surface area contributed by atoms with Gasteiger partial charge < -0.3 is 0 Å². The van der Waals surface area contributed by atoms with Crippen LogP contribution in [0.15, 0.2) is 12.7 Å². The van der Waals surface area contributed by atoms with Gasteiger partial charge in [-0.25, -0.2) is 4.98 Å². The number of thiazole rings is 1. The van der Waals surface area contributed by atoms with Crippen LogP contribution in [0.3, 0.4) is 0 Å². The number of nitrogens with zero attached hydrogens (tertiary/aromatic N) is 2. The predicted octanol–water partition coefficient (Wildman–Crippen LogP) is 4.12. The van der Waals surface area contributed by atoms with E-state index in [4.69, 9.17) is 23.2 Å². The molecule has 0 radical (unpaired) electrons. The lowest BCUT2D eigenvalue weighted by Crippen LogP contribution is -2.38. The van der Waals surface area contributed by atoms with Crippen molar-refractivity contribution in [3.8, 4) is 0 Å². The van der Waals surface area contributed by atoms with E-state index < -0.39 is 9.75 Å². The van der Waals surface area contributed by atoms with Crippen LogP contribution in [0.25, 0.3) is 0 Å². The highest BCUT2D eigenvalue weighted by Gasteiger charge is 2.69. The van der Waals surface area contributed by atoms with Gasteiger partial charge in [0.05, 0.1) is 11.1 Å². The molecule has 0 aromatic carbocycles. The third kappa shape index (κ3) is 2.51. The molecule has 1 heterocycles. The molecule has 1 unspecified atom stereocenters. The van der Waals surface area contributed by atoms with Gasteiger partial charge >= 0.3 is 0 Å². The van der Waals surface area contributed by atoms with Crippen molar-refractivity contribution < 1.29 is 4.79 Å². The molecule has 2 aliphatic carbocycles. The summed E-state index contributed by atoms with van der Waals surface area (Å²) in [7, 11) is 0. The van der Waals surface area contributed by atoms with Crippen LogP contribution in [0.2, 0.25) is 0 Å². The summed E-state index contributed by atoms with van der Waals surface area (Å²) < 4.78 is -0.958. The summed E-state index contributed by atoms with van der Waals surface area (Å²) in [5.41, 5.74) is 0.428. The molecule has 3 nitrogen and oxygen atoms in total. The molecule has 2 aliphatic rings. The molecule has 1 aromatic heterocycles. The maximum absolute atomic E-state index is 12.8. The lowest BCUT2D eigenvalue weighted by Gasteiger charge is -2.23. The smallest absolute Gasteiger partial charge is 0.238 e. The number of carbonyl (C=O) groups excluding carboxylic acids is 1. The first-order valence-electron chi connectivity index (χ1n) is 7.18. The molecule has 6 heteroatoms. The van der Waals surface area contributed by atoms with Crippen LogP contribution in [0.4, 0.5) is 5.13 Å². The Labute approximate surface area is 138 Å².